The molecule has 1 aromatic rings. The molecule has 4 nitrogen and oxygen atoms in total. The van der Waals surface area contributed by atoms with Gasteiger partial charge in [-0.05, 0) is 5.92 Å². The molecule has 1 heterocycles. The van der Waals surface area contributed by atoms with Gasteiger partial charge in [0.1, 0.15) is 5.82 Å². The Morgan fingerprint density at radius 1 is 1.19 bits per heavy atom. The summed E-state index contributed by atoms with van der Waals surface area (Å²) in [5.74, 6) is 2.01. The quantitative estimate of drug-likeness (QED) is 0.746. The van der Waals surface area contributed by atoms with Gasteiger partial charge in [0.15, 0.2) is 0 Å². The van der Waals surface area contributed by atoms with E-state index in [9.17, 15) is 0 Å². The predicted octanol–water partition coefficient (Wildman–Crippen LogP) is 2.30. The van der Waals surface area contributed by atoms with Crippen molar-refractivity contribution >= 4 is 11.6 Å². The van der Waals surface area contributed by atoms with Crippen LogP contribution < -0.4 is 9.47 Å². The smallest absolute Gasteiger partial charge is 0.220 e. The van der Waals surface area contributed by atoms with Crippen LogP contribution in [-0.4, -0.2) is 29.6 Å². The maximum absolute atomic E-state index is 6.18. The van der Waals surface area contributed by atoms with Crippen molar-refractivity contribution in [3.05, 3.63) is 11.9 Å². The molecule has 0 N–H and O–H groups in total. The van der Waals surface area contributed by atoms with Gasteiger partial charge in [-0.3, -0.25) is 0 Å². The zero-order chi connectivity index (χ0) is 12.1. The molecule has 0 aromatic carbocycles. The summed E-state index contributed by atoms with van der Waals surface area (Å²) in [6, 6.07) is 1.64. The van der Waals surface area contributed by atoms with Crippen LogP contribution in [0.5, 0.6) is 11.8 Å². The van der Waals surface area contributed by atoms with Gasteiger partial charge in [0.25, 0.3) is 0 Å². The van der Waals surface area contributed by atoms with E-state index >= 15 is 0 Å². The fraction of sp³-hybridized carbons (Fsp3) is 0.636. The zero-order valence-electron chi connectivity index (χ0n) is 10.0. The molecule has 16 heavy (non-hydrogen) atoms. The summed E-state index contributed by atoms with van der Waals surface area (Å²) >= 11 is 6.18. The molecule has 0 spiro atoms. The molecule has 0 aliphatic heterocycles. The van der Waals surface area contributed by atoms with E-state index in [1.54, 1.807) is 20.3 Å². The lowest BCUT2D eigenvalue weighted by atomic mass is 10.1. The molecule has 0 aliphatic carbocycles. The van der Waals surface area contributed by atoms with E-state index < -0.39 is 0 Å². The number of methoxy groups -OCH3 is 2. The second kappa shape index (κ2) is 5.89. The first-order valence-corrected chi connectivity index (χ1v) is 5.60. The molecule has 1 unspecified atom stereocenters. The Hall–Kier alpha value is -1.03. The van der Waals surface area contributed by atoms with E-state index in [2.05, 4.69) is 23.8 Å². The lowest BCUT2D eigenvalue weighted by Crippen LogP contribution is -2.14. The van der Waals surface area contributed by atoms with Gasteiger partial charge in [-0.1, -0.05) is 13.8 Å². The maximum atomic E-state index is 6.18. The lowest BCUT2D eigenvalue weighted by molar-refractivity contribution is 0.367. The second-order valence-electron chi connectivity index (χ2n) is 3.83. The normalized spacial score (nSPS) is 12.6. The highest BCUT2D eigenvalue weighted by atomic mass is 35.5. The Bertz CT molecular complexity index is 323. The topological polar surface area (TPSA) is 44.2 Å². The first-order chi connectivity index (χ1) is 7.56. The Labute approximate surface area is 101 Å². The largest absolute Gasteiger partial charge is 0.481 e. The van der Waals surface area contributed by atoms with Crippen LogP contribution in [-0.2, 0) is 6.42 Å². The van der Waals surface area contributed by atoms with Crippen LogP contribution in [0.25, 0.3) is 0 Å². The van der Waals surface area contributed by atoms with Gasteiger partial charge >= 0.3 is 0 Å². The molecular formula is C11H17ClN2O2. The molecule has 0 aliphatic rings. The molecule has 90 valence electrons. The number of nitrogens with zero attached hydrogens (tertiary/aromatic N) is 2. The Kier molecular flexibility index (Phi) is 4.80. The highest BCUT2D eigenvalue weighted by molar-refractivity contribution is 6.20. The SMILES string of the molecule is COc1cc(OC)nc(CC(Cl)C(C)C)n1. The average Bonchev–Trinajstić information content (AvgIpc) is 2.28. The van der Waals surface area contributed by atoms with E-state index in [1.807, 2.05) is 0 Å². The average molecular weight is 245 g/mol. The van der Waals surface area contributed by atoms with Gasteiger partial charge in [-0.25, -0.2) is 0 Å². The minimum absolute atomic E-state index is 0.0109. The Balaban J connectivity index is 2.86. The van der Waals surface area contributed by atoms with Crippen molar-refractivity contribution in [3.63, 3.8) is 0 Å². The van der Waals surface area contributed by atoms with E-state index in [0.29, 0.717) is 29.9 Å². The number of aromatic nitrogens is 2. The van der Waals surface area contributed by atoms with Crippen molar-refractivity contribution in [2.45, 2.75) is 25.6 Å². The van der Waals surface area contributed by atoms with Crippen molar-refractivity contribution in [2.75, 3.05) is 14.2 Å². The fourth-order valence-corrected chi connectivity index (χ4v) is 1.30. The number of halogens is 1. The minimum Gasteiger partial charge on any atom is -0.481 e. The molecule has 0 radical (unpaired) electrons. The first kappa shape index (κ1) is 13.0. The third kappa shape index (κ3) is 3.52. The van der Waals surface area contributed by atoms with Crippen LogP contribution in [0.2, 0.25) is 0 Å². The third-order valence-electron chi connectivity index (χ3n) is 2.24. The van der Waals surface area contributed by atoms with Crippen LogP contribution in [0.1, 0.15) is 19.7 Å². The van der Waals surface area contributed by atoms with Gasteiger partial charge < -0.3 is 9.47 Å². The molecular weight excluding hydrogens is 228 g/mol. The fourth-order valence-electron chi connectivity index (χ4n) is 1.16. The molecule has 5 heteroatoms. The lowest BCUT2D eigenvalue weighted by Gasteiger charge is -2.13. The van der Waals surface area contributed by atoms with Crippen molar-refractivity contribution in [2.24, 2.45) is 5.92 Å². The van der Waals surface area contributed by atoms with Crippen molar-refractivity contribution in [1.82, 2.24) is 9.97 Å². The first-order valence-electron chi connectivity index (χ1n) is 5.16. The molecule has 1 atom stereocenters. The summed E-state index contributed by atoms with van der Waals surface area (Å²) in [6.07, 6.45) is 0.604. The van der Waals surface area contributed by atoms with E-state index in [4.69, 9.17) is 21.1 Å². The highest BCUT2D eigenvalue weighted by Gasteiger charge is 2.14. The summed E-state index contributed by atoms with van der Waals surface area (Å²) in [6.45, 7) is 4.13. The Morgan fingerprint density at radius 2 is 1.69 bits per heavy atom. The highest BCUT2D eigenvalue weighted by Crippen LogP contribution is 2.19. The van der Waals surface area contributed by atoms with Gasteiger partial charge in [-0.2, -0.15) is 9.97 Å². The zero-order valence-corrected chi connectivity index (χ0v) is 10.8. The molecule has 0 bridgehead atoms. The van der Waals surface area contributed by atoms with Crippen LogP contribution >= 0.6 is 11.6 Å². The monoisotopic (exact) mass is 244 g/mol. The van der Waals surface area contributed by atoms with Crippen LogP contribution in [0, 0.1) is 5.92 Å². The van der Waals surface area contributed by atoms with E-state index in [-0.39, 0.29) is 5.38 Å². The summed E-state index contributed by atoms with van der Waals surface area (Å²) < 4.78 is 10.1. The van der Waals surface area contributed by atoms with Crippen molar-refractivity contribution < 1.29 is 9.47 Å². The van der Waals surface area contributed by atoms with E-state index in [1.165, 1.54) is 0 Å². The number of rotatable bonds is 5. The summed E-state index contributed by atoms with van der Waals surface area (Å²) in [5.41, 5.74) is 0. The van der Waals surface area contributed by atoms with Gasteiger partial charge in [0.2, 0.25) is 11.8 Å². The molecule has 1 aromatic heterocycles. The molecule has 1 rings (SSSR count). The number of hydrogen-bond donors (Lipinski definition) is 0. The molecule has 0 amide bonds. The minimum atomic E-state index is 0.0109. The summed E-state index contributed by atoms with van der Waals surface area (Å²) in [7, 11) is 3.12. The number of alkyl halides is 1. The van der Waals surface area contributed by atoms with Gasteiger partial charge in [0, 0.05) is 11.8 Å². The van der Waals surface area contributed by atoms with Crippen LogP contribution in [0.4, 0.5) is 0 Å². The number of hydrogen-bond acceptors (Lipinski definition) is 4. The van der Waals surface area contributed by atoms with E-state index in [0.717, 1.165) is 0 Å². The van der Waals surface area contributed by atoms with Crippen molar-refractivity contribution in [1.29, 1.82) is 0 Å². The predicted molar refractivity (Wildman–Crippen MR) is 63.3 cm³/mol. The second-order valence-corrected chi connectivity index (χ2v) is 4.39. The maximum Gasteiger partial charge on any atom is 0.220 e. The Morgan fingerprint density at radius 3 is 2.06 bits per heavy atom. The molecule has 0 fully saturated rings. The van der Waals surface area contributed by atoms with Crippen molar-refractivity contribution in [3.8, 4) is 11.8 Å². The summed E-state index contributed by atoms with van der Waals surface area (Å²) in [5, 5.41) is 0.0109. The van der Waals surface area contributed by atoms with Gasteiger partial charge in [-0.15, -0.1) is 11.6 Å². The summed E-state index contributed by atoms with van der Waals surface area (Å²) in [4.78, 5) is 8.45. The van der Waals surface area contributed by atoms with Crippen LogP contribution in [0.15, 0.2) is 6.07 Å². The number of ether oxygens (including phenoxy) is 2. The molecule has 0 saturated carbocycles. The van der Waals surface area contributed by atoms with Gasteiger partial charge in [0.05, 0.1) is 20.3 Å². The third-order valence-corrected chi connectivity index (χ3v) is 2.90. The van der Waals surface area contributed by atoms with Crippen LogP contribution in [0.3, 0.4) is 0 Å². The molecule has 0 saturated heterocycles. The standard InChI is InChI=1S/C11H17ClN2O2/c1-7(2)8(12)5-9-13-10(15-3)6-11(14-9)16-4/h6-8H,5H2,1-4H3.